The Morgan fingerprint density at radius 3 is 2.48 bits per heavy atom. The summed E-state index contributed by atoms with van der Waals surface area (Å²) >= 11 is 0. The van der Waals surface area contributed by atoms with Gasteiger partial charge in [0, 0.05) is 6.07 Å². The molecule has 0 aliphatic rings. The first-order valence-electron chi connectivity index (χ1n) is 6.85. The van der Waals surface area contributed by atoms with Gasteiger partial charge in [-0.2, -0.15) is 0 Å². The zero-order chi connectivity index (χ0) is 15.2. The predicted octanol–water partition coefficient (Wildman–Crippen LogP) is 3.95. The van der Waals surface area contributed by atoms with E-state index in [1.807, 2.05) is 26.0 Å². The van der Waals surface area contributed by atoms with Gasteiger partial charge in [-0.1, -0.05) is 0 Å². The molecule has 0 spiro atoms. The van der Waals surface area contributed by atoms with Crippen LogP contribution >= 0.6 is 0 Å². The van der Waals surface area contributed by atoms with Gasteiger partial charge in [0.25, 0.3) is 0 Å². The lowest BCUT2D eigenvalue weighted by atomic mass is 10.2. The highest BCUT2D eigenvalue weighted by Gasteiger charge is 2.09. The van der Waals surface area contributed by atoms with E-state index in [-0.39, 0.29) is 5.82 Å². The van der Waals surface area contributed by atoms with Crippen molar-refractivity contribution >= 4 is 17.1 Å². The van der Waals surface area contributed by atoms with Crippen molar-refractivity contribution in [2.75, 3.05) is 24.3 Å². The lowest BCUT2D eigenvalue weighted by Crippen LogP contribution is -2.01. The molecule has 0 heterocycles. The fraction of sp³-hybridized carbons (Fsp3) is 0.250. The fourth-order valence-electron chi connectivity index (χ4n) is 1.93. The van der Waals surface area contributed by atoms with Crippen LogP contribution in [0.1, 0.15) is 13.8 Å². The topological polar surface area (TPSA) is 56.5 Å². The lowest BCUT2D eigenvalue weighted by molar-refractivity contribution is 0.332. The maximum Gasteiger partial charge on any atom is 0.142 e. The van der Waals surface area contributed by atoms with Crippen LogP contribution in [0, 0.1) is 5.82 Å². The monoisotopic (exact) mass is 290 g/mol. The van der Waals surface area contributed by atoms with Crippen LogP contribution in [-0.4, -0.2) is 13.2 Å². The van der Waals surface area contributed by atoms with Gasteiger partial charge in [-0.3, -0.25) is 0 Å². The minimum atomic E-state index is -0.356. The van der Waals surface area contributed by atoms with Gasteiger partial charge in [-0.15, -0.1) is 0 Å². The number of hydrogen-bond acceptors (Lipinski definition) is 4. The molecule has 0 aliphatic heterocycles. The van der Waals surface area contributed by atoms with Crippen molar-refractivity contribution < 1.29 is 13.9 Å². The number of hydrogen-bond donors (Lipinski definition) is 2. The third kappa shape index (κ3) is 3.78. The molecule has 112 valence electrons. The molecule has 0 saturated heterocycles. The Labute approximate surface area is 123 Å². The van der Waals surface area contributed by atoms with Gasteiger partial charge in [-0.05, 0) is 44.2 Å². The maximum atomic E-state index is 13.3. The zero-order valence-electron chi connectivity index (χ0n) is 12.2. The number of nitrogen functional groups attached to an aromatic ring is 1. The Kier molecular flexibility index (Phi) is 4.87. The Morgan fingerprint density at radius 1 is 1.00 bits per heavy atom. The van der Waals surface area contributed by atoms with E-state index in [1.165, 1.54) is 18.2 Å². The first-order valence-corrected chi connectivity index (χ1v) is 6.85. The van der Waals surface area contributed by atoms with Crippen molar-refractivity contribution in [3.63, 3.8) is 0 Å². The Hall–Kier alpha value is -2.43. The highest BCUT2D eigenvalue weighted by atomic mass is 19.1. The number of rotatable bonds is 6. The summed E-state index contributed by atoms with van der Waals surface area (Å²) in [5.41, 5.74) is 7.49. The summed E-state index contributed by atoms with van der Waals surface area (Å²) in [6.45, 7) is 4.90. The van der Waals surface area contributed by atoms with E-state index in [2.05, 4.69) is 5.32 Å². The van der Waals surface area contributed by atoms with Crippen molar-refractivity contribution in [1.82, 2.24) is 0 Å². The van der Waals surface area contributed by atoms with E-state index in [0.717, 1.165) is 0 Å². The van der Waals surface area contributed by atoms with E-state index in [4.69, 9.17) is 15.2 Å². The smallest absolute Gasteiger partial charge is 0.142 e. The summed E-state index contributed by atoms with van der Waals surface area (Å²) in [5.74, 6) is 1.01. The van der Waals surface area contributed by atoms with Crippen LogP contribution in [0.4, 0.5) is 21.5 Å². The number of benzene rings is 2. The molecule has 0 aromatic heterocycles. The number of halogens is 1. The summed E-state index contributed by atoms with van der Waals surface area (Å²) in [7, 11) is 0. The Balaban J connectivity index is 2.35. The largest absolute Gasteiger partial charge is 0.494 e. The van der Waals surface area contributed by atoms with Gasteiger partial charge in [0.15, 0.2) is 0 Å². The molecule has 3 N–H and O–H groups in total. The molecular formula is C16H19FN2O2. The van der Waals surface area contributed by atoms with E-state index < -0.39 is 0 Å². The van der Waals surface area contributed by atoms with E-state index in [1.54, 1.807) is 6.07 Å². The molecule has 21 heavy (non-hydrogen) atoms. The van der Waals surface area contributed by atoms with E-state index in [0.29, 0.717) is 41.8 Å². The summed E-state index contributed by atoms with van der Waals surface area (Å²) < 4.78 is 24.4. The quantitative estimate of drug-likeness (QED) is 0.791. The van der Waals surface area contributed by atoms with Crippen LogP contribution in [0.3, 0.4) is 0 Å². The molecule has 2 rings (SSSR count). The van der Waals surface area contributed by atoms with Gasteiger partial charge in [0.1, 0.15) is 17.3 Å². The minimum absolute atomic E-state index is 0.356. The normalized spacial score (nSPS) is 10.2. The van der Waals surface area contributed by atoms with Crippen LogP contribution in [0.5, 0.6) is 11.5 Å². The van der Waals surface area contributed by atoms with Crippen molar-refractivity contribution in [2.24, 2.45) is 0 Å². The molecule has 5 heteroatoms. The summed E-state index contributed by atoms with van der Waals surface area (Å²) in [5, 5.41) is 3.10. The van der Waals surface area contributed by atoms with Crippen LogP contribution in [0.15, 0.2) is 36.4 Å². The second-order valence-corrected chi connectivity index (χ2v) is 4.38. The highest BCUT2D eigenvalue weighted by molar-refractivity contribution is 5.76. The van der Waals surface area contributed by atoms with Crippen molar-refractivity contribution in [3.8, 4) is 11.5 Å². The third-order valence-corrected chi connectivity index (χ3v) is 2.85. The summed E-state index contributed by atoms with van der Waals surface area (Å²) in [6, 6.07) is 9.63. The molecule has 0 radical (unpaired) electrons. The predicted molar refractivity (Wildman–Crippen MR) is 82.9 cm³/mol. The first-order chi connectivity index (χ1) is 10.1. The molecule has 2 aromatic rings. The molecule has 4 nitrogen and oxygen atoms in total. The maximum absolute atomic E-state index is 13.3. The van der Waals surface area contributed by atoms with Crippen molar-refractivity contribution in [2.45, 2.75) is 13.8 Å². The zero-order valence-corrected chi connectivity index (χ0v) is 12.2. The molecule has 0 atom stereocenters. The first kappa shape index (κ1) is 15.0. The van der Waals surface area contributed by atoms with E-state index >= 15 is 0 Å². The molecule has 2 aromatic carbocycles. The van der Waals surface area contributed by atoms with E-state index in [9.17, 15) is 4.39 Å². The summed E-state index contributed by atoms with van der Waals surface area (Å²) in [6.07, 6.45) is 0. The van der Waals surface area contributed by atoms with Crippen LogP contribution in [0.2, 0.25) is 0 Å². The van der Waals surface area contributed by atoms with Crippen molar-refractivity contribution in [1.29, 1.82) is 0 Å². The van der Waals surface area contributed by atoms with Gasteiger partial charge in [0.05, 0.1) is 30.3 Å². The molecule has 0 saturated carbocycles. The number of nitrogens with one attached hydrogen (secondary N) is 1. The number of anilines is 3. The average Bonchev–Trinajstić information content (AvgIpc) is 2.46. The van der Waals surface area contributed by atoms with Crippen LogP contribution < -0.4 is 20.5 Å². The standard InChI is InChI=1S/C16H19FN2O2/c1-3-20-12-6-8-16(21-4-2)15(10-12)19-14-9-11(17)5-7-13(14)18/h5-10,19H,3-4,18H2,1-2H3. The van der Waals surface area contributed by atoms with Crippen LogP contribution in [0.25, 0.3) is 0 Å². The molecule has 0 aliphatic carbocycles. The molecule has 0 bridgehead atoms. The second kappa shape index (κ2) is 6.83. The SMILES string of the molecule is CCOc1ccc(OCC)c(Nc2cc(F)ccc2N)c1. The molecular weight excluding hydrogens is 271 g/mol. The number of nitrogens with two attached hydrogens (primary N) is 1. The average molecular weight is 290 g/mol. The molecule has 0 amide bonds. The second-order valence-electron chi connectivity index (χ2n) is 4.38. The van der Waals surface area contributed by atoms with Gasteiger partial charge in [-0.25, -0.2) is 4.39 Å². The molecule has 0 unspecified atom stereocenters. The van der Waals surface area contributed by atoms with Gasteiger partial charge >= 0.3 is 0 Å². The highest BCUT2D eigenvalue weighted by Crippen LogP contribution is 2.33. The fourth-order valence-corrected chi connectivity index (χ4v) is 1.93. The minimum Gasteiger partial charge on any atom is -0.494 e. The third-order valence-electron chi connectivity index (χ3n) is 2.85. The van der Waals surface area contributed by atoms with Gasteiger partial charge in [0.2, 0.25) is 0 Å². The Morgan fingerprint density at radius 2 is 1.76 bits per heavy atom. The van der Waals surface area contributed by atoms with Gasteiger partial charge < -0.3 is 20.5 Å². The molecule has 0 fully saturated rings. The van der Waals surface area contributed by atoms with Crippen LogP contribution in [-0.2, 0) is 0 Å². The Bertz CT molecular complexity index is 617. The summed E-state index contributed by atoms with van der Waals surface area (Å²) in [4.78, 5) is 0. The lowest BCUT2D eigenvalue weighted by Gasteiger charge is -2.15. The van der Waals surface area contributed by atoms with Crippen molar-refractivity contribution in [3.05, 3.63) is 42.2 Å². The number of ether oxygens (including phenoxy) is 2.